The molecule has 0 saturated heterocycles. The van der Waals surface area contributed by atoms with Crippen LogP contribution in [0.25, 0.3) is 0 Å². The molecule has 3 nitrogen and oxygen atoms in total. The van der Waals surface area contributed by atoms with Crippen LogP contribution in [-0.2, 0) is 11.2 Å². The second-order valence-electron chi connectivity index (χ2n) is 6.43. The summed E-state index contributed by atoms with van der Waals surface area (Å²) < 4.78 is 5.62. The lowest BCUT2D eigenvalue weighted by Gasteiger charge is -2.08. The van der Waals surface area contributed by atoms with E-state index in [1.807, 2.05) is 0 Å². The van der Waals surface area contributed by atoms with E-state index in [0.29, 0.717) is 24.2 Å². The topological polar surface area (TPSA) is 38.3 Å². The summed E-state index contributed by atoms with van der Waals surface area (Å²) >= 11 is 0. The van der Waals surface area contributed by atoms with Gasteiger partial charge < -0.3 is 10.1 Å². The average Bonchev–Trinajstić information content (AvgIpc) is 3.00. The molecule has 0 bridgehead atoms. The lowest BCUT2D eigenvalue weighted by molar-refractivity contribution is -0.121. The molecule has 3 heteroatoms. The van der Waals surface area contributed by atoms with Crippen molar-refractivity contribution in [1.29, 1.82) is 0 Å². The summed E-state index contributed by atoms with van der Waals surface area (Å²) in [7, 11) is 0. The van der Waals surface area contributed by atoms with Crippen molar-refractivity contribution in [2.45, 2.75) is 39.0 Å². The number of carbonyl (C=O) groups is 1. The zero-order chi connectivity index (χ0) is 14.1. The van der Waals surface area contributed by atoms with E-state index in [-0.39, 0.29) is 5.91 Å². The summed E-state index contributed by atoms with van der Waals surface area (Å²) in [6.45, 7) is 5.79. The fourth-order valence-corrected chi connectivity index (χ4v) is 3.14. The van der Waals surface area contributed by atoms with Crippen molar-refractivity contribution in [2.24, 2.45) is 11.8 Å². The van der Waals surface area contributed by atoms with Gasteiger partial charge in [-0.1, -0.05) is 26.0 Å². The van der Waals surface area contributed by atoms with E-state index in [2.05, 4.69) is 37.4 Å². The van der Waals surface area contributed by atoms with Crippen LogP contribution < -0.4 is 10.1 Å². The van der Waals surface area contributed by atoms with E-state index in [1.54, 1.807) is 0 Å². The van der Waals surface area contributed by atoms with Crippen molar-refractivity contribution < 1.29 is 9.53 Å². The van der Waals surface area contributed by atoms with Crippen molar-refractivity contribution in [2.75, 3.05) is 13.2 Å². The minimum atomic E-state index is 0.187. The summed E-state index contributed by atoms with van der Waals surface area (Å²) in [5.41, 5.74) is 2.84. The number of carbonyl (C=O) groups excluding carboxylic acids is 1. The van der Waals surface area contributed by atoms with Crippen LogP contribution in [0.5, 0.6) is 5.75 Å². The number of amides is 1. The fraction of sp³-hybridized carbons (Fsp3) is 0.588. The van der Waals surface area contributed by atoms with Crippen LogP contribution in [-0.4, -0.2) is 19.1 Å². The second kappa shape index (κ2) is 5.47. The molecule has 20 heavy (non-hydrogen) atoms. The maximum Gasteiger partial charge on any atom is 0.220 e. The Kier molecular flexibility index (Phi) is 3.68. The molecule has 1 aliphatic carbocycles. The molecular formula is C17H23NO2. The first-order valence-electron chi connectivity index (χ1n) is 7.66. The highest BCUT2D eigenvalue weighted by atomic mass is 16.5. The summed E-state index contributed by atoms with van der Waals surface area (Å²) in [5, 5.41) is 3.07. The molecule has 0 aromatic heterocycles. The van der Waals surface area contributed by atoms with Gasteiger partial charge in [0.1, 0.15) is 5.75 Å². The Morgan fingerprint density at radius 2 is 2.30 bits per heavy atom. The molecule has 2 aliphatic rings. The third kappa shape index (κ3) is 2.82. The van der Waals surface area contributed by atoms with Crippen molar-refractivity contribution in [3.05, 3.63) is 29.3 Å². The number of rotatable bonds is 5. The highest BCUT2D eigenvalue weighted by Gasteiger charge is 2.40. The third-order valence-corrected chi connectivity index (χ3v) is 4.26. The Morgan fingerprint density at radius 3 is 3.10 bits per heavy atom. The molecule has 3 rings (SSSR count). The molecule has 1 fully saturated rings. The lowest BCUT2D eigenvalue weighted by Crippen LogP contribution is -2.26. The van der Waals surface area contributed by atoms with Gasteiger partial charge in [-0.3, -0.25) is 4.79 Å². The number of benzene rings is 1. The molecule has 1 heterocycles. The van der Waals surface area contributed by atoms with Crippen LogP contribution in [0.4, 0.5) is 0 Å². The average molecular weight is 273 g/mol. The Hall–Kier alpha value is -1.51. The van der Waals surface area contributed by atoms with Gasteiger partial charge in [-0.15, -0.1) is 0 Å². The first-order valence-corrected chi connectivity index (χ1v) is 7.66. The molecule has 1 aromatic rings. The Labute approximate surface area is 120 Å². The van der Waals surface area contributed by atoms with E-state index in [9.17, 15) is 4.79 Å². The van der Waals surface area contributed by atoms with Gasteiger partial charge in [-0.05, 0) is 35.8 Å². The minimum absolute atomic E-state index is 0.187. The first-order chi connectivity index (χ1) is 9.65. The summed E-state index contributed by atoms with van der Waals surface area (Å²) in [6, 6.07) is 6.38. The molecule has 0 radical (unpaired) electrons. The molecule has 0 unspecified atom stereocenters. The van der Waals surface area contributed by atoms with Gasteiger partial charge in [-0.2, -0.15) is 0 Å². The Morgan fingerprint density at radius 1 is 1.45 bits per heavy atom. The van der Waals surface area contributed by atoms with Gasteiger partial charge in [-0.25, -0.2) is 0 Å². The van der Waals surface area contributed by atoms with Crippen LogP contribution >= 0.6 is 0 Å². The number of nitrogens with one attached hydrogen (secondary N) is 1. The number of hydrogen-bond acceptors (Lipinski definition) is 2. The first kappa shape index (κ1) is 13.5. The van der Waals surface area contributed by atoms with Gasteiger partial charge in [0.15, 0.2) is 0 Å². The van der Waals surface area contributed by atoms with Crippen molar-refractivity contribution in [3.63, 3.8) is 0 Å². The van der Waals surface area contributed by atoms with Crippen LogP contribution in [0.2, 0.25) is 0 Å². The lowest BCUT2D eigenvalue weighted by atomic mass is 10.00. The highest BCUT2D eigenvalue weighted by molar-refractivity contribution is 5.76. The normalized spacial score (nSPS) is 23.4. The van der Waals surface area contributed by atoms with Gasteiger partial charge in [0.2, 0.25) is 5.91 Å². The molecule has 1 aliphatic heterocycles. The molecule has 2 atom stereocenters. The minimum Gasteiger partial charge on any atom is -0.493 e. The Balaban J connectivity index is 1.55. The quantitative estimate of drug-likeness (QED) is 0.896. The van der Waals surface area contributed by atoms with Crippen LogP contribution in [0.15, 0.2) is 18.2 Å². The highest BCUT2D eigenvalue weighted by Crippen LogP contribution is 2.50. The van der Waals surface area contributed by atoms with E-state index in [0.717, 1.165) is 25.3 Å². The predicted molar refractivity (Wildman–Crippen MR) is 79.0 cm³/mol. The smallest absolute Gasteiger partial charge is 0.220 e. The molecule has 1 amide bonds. The van der Waals surface area contributed by atoms with Crippen molar-refractivity contribution in [3.8, 4) is 5.75 Å². The SMILES string of the molecule is CC(C)CC(=O)NC[C@@H]1C[C@H]1c1cccc2c1CCO2. The van der Waals surface area contributed by atoms with E-state index >= 15 is 0 Å². The monoisotopic (exact) mass is 273 g/mol. The number of hydrogen-bond donors (Lipinski definition) is 1. The van der Waals surface area contributed by atoms with Crippen molar-refractivity contribution in [1.82, 2.24) is 5.32 Å². The van der Waals surface area contributed by atoms with Gasteiger partial charge in [0.05, 0.1) is 6.61 Å². The van der Waals surface area contributed by atoms with Crippen LogP contribution in [0.3, 0.4) is 0 Å². The summed E-state index contributed by atoms with van der Waals surface area (Å²) in [6.07, 6.45) is 2.86. The van der Waals surface area contributed by atoms with Gasteiger partial charge >= 0.3 is 0 Å². The maximum atomic E-state index is 11.7. The third-order valence-electron chi connectivity index (χ3n) is 4.26. The van der Waals surface area contributed by atoms with Gasteiger partial charge in [0, 0.05) is 24.9 Å². The van der Waals surface area contributed by atoms with E-state index in [4.69, 9.17) is 4.74 Å². The van der Waals surface area contributed by atoms with Crippen LogP contribution in [0, 0.1) is 11.8 Å². The summed E-state index contributed by atoms with van der Waals surface area (Å²) in [5.74, 6) is 2.91. The zero-order valence-electron chi connectivity index (χ0n) is 12.3. The number of fused-ring (bicyclic) bond motifs is 1. The zero-order valence-corrected chi connectivity index (χ0v) is 12.3. The van der Waals surface area contributed by atoms with E-state index < -0.39 is 0 Å². The summed E-state index contributed by atoms with van der Waals surface area (Å²) in [4.78, 5) is 11.7. The predicted octanol–water partition coefficient (Wildman–Crippen LogP) is 2.89. The van der Waals surface area contributed by atoms with E-state index in [1.165, 1.54) is 17.5 Å². The standard InChI is InChI=1S/C17H23NO2/c1-11(2)8-17(19)18-10-12-9-15(12)13-4-3-5-16-14(13)6-7-20-16/h3-5,11-12,15H,6-10H2,1-2H3,(H,18,19)/t12-,15+/m0/s1. The molecule has 1 saturated carbocycles. The molecule has 1 N–H and O–H groups in total. The number of ether oxygens (including phenoxy) is 1. The fourth-order valence-electron chi connectivity index (χ4n) is 3.14. The Bertz CT molecular complexity index is 510. The molecule has 1 aromatic carbocycles. The van der Waals surface area contributed by atoms with Crippen LogP contribution in [0.1, 0.15) is 43.7 Å². The van der Waals surface area contributed by atoms with Gasteiger partial charge in [0.25, 0.3) is 0 Å². The molecular weight excluding hydrogens is 250 g/mol. The molecule has 0 spiro atoms. The molecule has 108 valence electrons. The second-order valence-corrected chi connectivity index (χ2v) is 6.43. The largest absolute Gasteiger partial charge is 0.493 e. The maximum absolute atomic E-state index is 11.7. The van der Waals surface area contributed by atoms with Crippen molar-refractivity contribution >= 4 is 5.91 Å².